The monoisotopic (exact) mass is 474 g/mol. The van der Waals surface area contributed by atoms with Crippen molar-refractivity contribution in [3.63, 3.8) is 0 Å². The number of halogens is 3. The summed E-state index contributed by atoms with van der Waals surface area (Å²) >= 11 is 7.14. The summed E-state index contributed by atoms with van der Waals surface area (Å²) in [7, 11) is 0. The van der Waals surface area contributed by atoms with Crippen LogP contribution in [0.5, 0.6) is 0 Å². The molecule has 2 aromatic heterocycles. The van der Waals surface area contributed by atoms with Gasteiger partial charge in [-0.25, -0.2) is 8.78 Å². The van der Waals surface area contributed by atoms with E-state index in [-0.39, 0.29) is 5.69 Å². The van der Waals surface area contributed by atoms with Gasteiger partial charge in [0.1, 0.15) is 17.4 Å². The zero-order valence-corrected chi connectivity index (χ0v) is 18.3. The molecule has 2 aromatic carbocycles. The molecule has 1 unspecified atom stereocenters. The molecule has 1 amide bonds. The summed E-state index contributed by atoms with van der Waals surface area (Å²) < 4.78 is 34.6. The van der Waals surface area contributed by atoms with Crippen molar-refractivity contribution in [2.75, 3.05) is 5.32 Å². The average Bonchev–Trinajstić information content (AvgIpc) is 3.42. The number of nitrogens with one attached hydrogen (secondary N) is 1. The van der Waals surface area contributed by atoms with Gasteiger partial charge in [0, 0.05) is 16.7 Å². The average molecular weight is 475 g/mol. The van der Waals surface area contributed by atoms with Gasteiger partial charge in [-0.2, -0.15) is 0 Å². The van der Waals surface area contributed by atoms with E-state index in [1.54, 1.807) is 31.4 Å². The minimum Gasteiger partial charge on any atom is -0.467 e. The van der Waals surface area contributed by atoms with Crippen molar-refractivity contribution in [2.24, 2.45) is 0 Å². The number of amides is 1. The number of aromatic nitrogens is 3. The van der Waals surface area contributed by atoms with Gasteiger partial charge in [0.05, 0.1) is 23.7 Å². The maximum atomic E-state index is 13.9. The van der Waals surface area contributed by atoms with Crippen molar-refractivity contribution in [1.82, 2.24) is 14.8 Å². The summed E-state index contributed by atoms with van der Waals surface area (Å²) in [6.45, 7) is 1.98. The number of hydrogen-bond donors (Lipinski definition) is 1. The van der Waals surface area contributed by atoms with E-state index in [2.05, 4.69) is 15.5 Å². The lowest BCUT2D eigenvalue weighted by molar-refractivity contribution is -0.115. The van der Waals surface area contributed by atoms with Gasteiger partial charge < -0.3 is 9.73 Å². The molecule has 1 atom stereocenters. The molecule has 0 spiro atoms. The van der Waals surface area contributed by atoms with Crippen LogP contribution in [-0.2, 0) is 11.3 Å². The van der Waals surface area contributed by atoms with E-state index in [9.17, 15) is 13.6 Å². The SMILES string of the molecule is CC(Sc1nnc(-c2ccc(Cl)cc2)n1Cc1ccco1)C(=O)Nc1cc(F)ccc1F. The second-order valence-corrected chi connectivity index (χ2v) is 8.60. The molecule has 6 nitrogen and oxygen atoms in total. The molecule has 4 rings (SSSR count). The standard InChI is InChI=1S/C22H17ClF2N4O2S/c1-13(21(30)26-19-11-16(24)8-9-18(19)25)32-22-28-27-20(14-4-6-15(23)7-5-14)29(22)12-17-3-2-10-31-17/h2-11,13H,12H2,1H3,(H,26,30). The molecular formula is C22H17ClF2N4O2S. The Morgan fingerprint density at radius 2 is 1.97 bits per heavy atom. The first-order valence-electron chi connectivity index (χ1n) is 9.55. The summed E-state index contributed by atoms with van der Waals surface area (Å²) in [6.07, 6.45) is 1.57. The number of hydrogen-bond acceptors (Lipinski definition) is 5. The van der Waals surface area contributed by atoms with E-state index in [0.29, 0.717) is 28.3 Å². The van der Waals surface area contributed by atoms with Crippen molar-refractivity contribution in [2.45, 2.75) is 23.9 Å². The first-order valence-corrected chi connectivity index (χ1v) is 10.8. The lowest BCUT2D eigenvalue weighted by Gasteiger charge is -2.14. The highest BCUT2D eigenvalue weighted by Gasteiger charge is 2.22. The molecule has 2 heterocycles. The van der Waals surface area contributed by atoms with E-state index >= 15 is 0 Å². The van der Waals surface area contributed by atoms with Gasteiger partial charge in [0.15, 0.2) is 11.0 Å². The molecule has 0 saturated carbocycles. The van der Waals surface area contributed by atoms with Gasteiger partial charge in [-0.3, -0.25) is 9.36 Å². The Morgan fingerprint density at radius 1 is 1.19 bits per heavy atom. The Hall–Kier alpha value is -3.17. The molecule has 0 fully saturated rings. The fourth-order valence-electron chi connectivity index (χ4n) is 2.93. The van der Waals surface area contributed by atoms with Crippen molar-refractivity contribution in [3.05, 3.63) is 83.3 Å². The van der Waals surface area contributed by atoms with E-state index in [1.807, 2.05) is 22.8 Å². The minimum atomic E-state index is -0.719. The van der Waals surface area contributed by atoms with Crippen LogP contribution in [0.1, 0.15) is 12.7 Å². The zero-order chi connectivity index (χ0) is 22.7. The van der Waals surface area contributed by atoms with Gasteiger partial charge in [-0.1, -0.05) is 23.4 Å². The summed E-state index contributed by atoms with van der Waals surface area (Å²) in [5.74, 6) is -0.610. The maximum absolute atomic E-state index is 13.9. The highest BCUT2D eigenvalue weighted by Crippen LogP contribution is 2.29. The lowest BCUT2D eigenvalue weighted by atomic mass is 10.2. The van der Waals surface area contributed by atoms with Crippen LogP contribution in [0.4, 0.5) is 14.5 Å². The smallest absolute Gasteiger partial charge is 0.237 e. The van der Waals surface area contributed by atoms with Crippen LogP contribution in [0.2, 0.25) is 5.02 Å². The minimum absolute atomic E-state index is 0.221. The van der Waals surface area contributed by atoms with Crippen LogP contribution in [0.25, 0.3) is 11.4 Å². The number of benzene rings is 2. The third-order valence-electron chi connectivity index (χ3n) is 4.55. The number of rotatable bonds is 7. The Balaban J connectivity index is 1.58. The topological polar surface area (TPSA) is 73.0 Å². The van der Waals surface area contributed by atoms with Crippen LogP contribution in [0.15, 0.2) is 70.4 Å². The molecule has 0 radical (unpaired) electrons. The van der Waals surface area contributed by atoms with E-state index in [0.717, 1.165) is 35.5 Å². The molecule has 0 saturated heterocycles. The largest absolute Gasteiger partial charge is 0.467 e. The lowest BCUT2D eigenvalue weighted by Crippen LogP contribution is -2.23. The first kappa shape index (κ1) is 22.0. The molecular weight excluding hydrogens is 458 g/mol. The Kier molecular flexibility index (Phi) is 6.57. The van der Waals surface area contributed by atoms with Crippen LogP contribution in [-0.4, -0.2) is 25.9 Å². The molecule has 32 heavy (non-hydrogen) atoms. The van der Waals surface area contributed by atoms with Crippen molar-refractivity contribution < 1.29 is 18.0 Å². The molecule has 1 N–H and O–H groups in total. The van der Waals surface area contributed by atoms with Gasteiger partial charge >= 0.3 is 0 Å². The zero-order valence-electron chi connectivity index (χ0n) is 16.8. The second-order valence-electron chi connectivity index (χ2n) is 6.85. The number of anilines is 1. The highest BCUT2D eigenvalue weighted by atomic mass is 35.5. The molecule has 4 aromatic rings. The molecule has 0 aliphatic rings. The van der Waals surface area contributed by atoms with Gasteiger partial charge in [-0.05, 0) is 55.5 Å². The van der Waals surface area contributed by atoms with Gasteiger partial charge in [0.2, 0.25) is 5.91 Å². The van der Waals surface area contributed by atoms with Gasteiger partial charge in [0.25, 0.3) is 0 Å². The van der Waals surface area contributed by atoms with Crippen LogP contribution < -0.4 is 5.32 Å². The summed E-state index contributed by atoms with van der Waals surface area (Å²) in [4.78, 5) is 12.6. The number of nitrogens with zero attached hydrogens (tertiary/aromatic N) is 3. The first-order chi connectivity index (χ1) is 15.4. The number of carbonyl (C=O) groups is 1. The van der Waals surface area contributed by atoms with E-state index in [4.69, 9.17) is 16.0 Å². The van der Waals surface area contributed by atoms with Crippen molar-refractivity contribution in [1.29, 1.82) is 0 Å². The van der Waals surface area contributed by atoms with Crippen molar-refractivity contribution in [3.8, 4) is 11.4 Å². The van der Waals surface area contributed by atoms with Crippen LogP contribution in [0.3, 0.4) is 0 Å². The number of thioether (sulfide) groups is 1. The van der Waals surface area contributed by atoms with E-state index < -0.39 is 22.8 Å². The van der Waals surface area contributed by atoms with Gasteiger partial charge in [-0.15, -0.1) is 10.2 Å². The Bertz CT molecular complexity index is 1230. The quantitative estimate of drug-likeness (QED) is 0.351. The normalized spacial score (nSPS) is 12.0. The molecule has 0 bridgehead atoms. The third-order valence-corrected chi connectivity index (χ3v) is 5.88. The summed E-state index contributed by atoms with van der Waals surface area (Å²) in [6, 6.07) is 13.6. The fourth-order valence-corrected chi connectivity index (χ4v) is 3.90. The molecule has 164 valence electrons. The summed E-state index contributed by atoms with van der Waals surface area (Å²) in [5.41, 5.74) is 0.570. The van der Waals surface area contributed by atoms with Crippen LogP contribution in [0, 0.1) is 11.6 Å². The van der Waals surface area contributed by atoms with Crippen LogP contribution >= 0.6 is 23.4 Å². The summed E-state index contributed by atoms with van der Waals surface area (Å²) in [5, 5.41) is 11.3. The Morgan fingerprint density at radius 3 is 2.69 bits per heavy atom. The van der Waals surface area contributed by atoms with Crippen molar-refractivity contribution >= 4 is 35.0 Å². The second kappa shape index (κ2) is 9.54. The Labute approximate surface area is 191 Å². The number of carbonyl (C=O) groups excluding carboxylic acids is 1. The predicted molar refractivity (Wildman–Crippen MR) is 119 cm³/mol. The maximum Gasteiger partial charge on any atom is 0.237 e. The molecule has 10 heteroatoms. The third kappa shape index (κ3) is 5.00. The molecule has 0 aliphatic carbocycles. The predicted octanol–water partition coefficient (Wildman–Crippen LogP) is 5.64. The highest BCUT2D eigenvalue weighted by molar-refractivity contribution is 8.00. The molecule has 0 aliphatic heterocycles. The number of furan rings is 1. The van der Waals surface area contributed by atoms with E-state index in [1.165, 1.54) is 0 Å². The fraction of sp³-hybridized carbons (Fsp3) is 0.136.